The highest BCUT2D eigenvalue weighted by molar-refractivity contribution is 6.31. The molecule has 122 valence electrons. The number of nitrogens with zero attached hydrogens (tertiary/aromatic N) is 7. The highest BCUT2D eigenvalue weighted by Gasteiger charge is 2.07. The molecule has 0 amide bonds. The molecule has 0 saturated heterocycles. The Bertz CT molecular complexity index is 782. The Morgan fingerprint density at radius 2 is 0.917 bits per heavy atom. The topological polar surface area (TPSA) is 114 Å². The van der Waals surface area contributed by atoms with E-state index in [0.717, 1.165) is 0 Å². The highest BCUT2D eigenvalue weighted by Crippen LogP contribution is 2.18. The van der Waals surface area contributed by atoms with Gasteiger partial charge in [-0.1, -0.05) is 6.07 Å². The fourth-order valence-electron chi connectivity index (χ4n) is 1.57. The Kier molecular flexibility index (Phi) is 5.05. The van der Waals surface area contributed by atoms with Crippen molar-refractivity contribution in [3.8, 4) is 0 Å². The van der Waals surface area contributed by atoms with Crippen LogP contribution in [0.3, 0.4) is 0 Å². The molecular formula is C11H5Cl4N9. The second kappa shape index (κ2) is 7.22. The van der Waals surface area contributed by atoms with E-state index in [-0.39, 0.29) is 33.0 Å². The smallest absolute Gasteiger partial charge is 0.234 e. The van der Waals surface area contributed by atoms with Crippen molar-refractivity contribution < 1.29 is 0 Å². The van der Waals surface area contributed by atoms with Crippen molar-refractivity contribution in [3.63, 3.8) is 0 Å². The third-order valence-corrected chi connectivity index (χ3v) is 3.07. The third-order valence-electron chi connectivity index (χ3n) is 2.39. The Morgan fingerprint density at radius 1 is 0.542 bits per heavy atom. The van der Waals surface area contributed by atoms with Crippen LogP contribution in [0.2, 0.25) is 21.1 Å². The third kappa shape index (κ3) is 4.48. The summed E-state index contributed by atoms with van der Waals surface area (Å²) in [5.74, 6) is 1.14. The van der Waals surface area contributed by atoms with E-state index in [9.17, 15) is 0 Å². The molecule has 0 aliphatic carbocycles. The number of hydrogen-bond acceptors (Lipinski definition) is 9. The van der Waals surface area contributed by atoms with E-state index < -0.39 is 0 Å². The molecule has 0 aromatic carbocycles. The van der Waals surface area contributed by atoms with Crippen LogP contribution >= 0.6 is 46.4 Å². The summed E-state index contributed by atoms with van der Waals surface area (Å²) in [5.41, 5.74) is 0. The van der Waals surface area contributed by atoms with Gasteiger partial charge in [0.15, 0.2) is 0 Å². The summed E-state index contributed by atoms with van der Waals surface area (Å²) < 4.78 is 0. The lowest BCUT2D eigenvalue weighted by Gasteiger charge is -2.07. The Labute approximate surface area is 154 Å². The minimum absolute atomic E-state index is 0.0405. The van der Waals surface area contributed by atoms with Gasteiger partial charge in [0.1, 0.15) is 11.6 Å². The largest absolute Gasteiger partial charge is 0.309 e. The average molecular weight is 405 g/mol. The van der Waals surface area contributed by atoms with E-state index in [1.807, 2.05) is 0 Å². The molecule has 24 heavy (non-hydrogen) atoms. The van der Waals surface area contributed by atoms with Crippen LogP contribution in [0.4, 0.5) is 23.5 Å². The van der Waals surface area contributed by atoms with Crippen LogP contribution < -0.4 is 10.6 Å². The first-order valence-corrected chi connectivity index (χ1v) is 7.64. The van der Waals surface area contributed by atoms with Gasteiger partial charge in [-0.25, -0.2) is 4.98 Å². The number of hydrogen-bond donors (Lipinski definition) is 2. The maximum absolute atomic E-state index is 5.72. The van der Waals surface area contributed by atoms with Crippen molar-refractivity contribution in [1.29, 1.82) is 0 Å². The summed E-state index contributed by atoms with van der Waals surface area (Å²) >= 11 is 22.9. The van der Waals surface area contributed by atoms with Gasteiger partial charge in [0.2, 0.25) is 33.0 Å². The van der Waals surface area contributed by atoms with Crippen LogP contribution in [0.5, 0.6) is 0 Å². The normalized spacial score (nSPS) is 10.5. The predicted octanol–water partition coefficient (Wildman–Crippen LogP) is 3.55. The number of aromatic nitrogens is 7. The lowest BCUT2D eigenvalue weighted by Crippen LogP contribution is -2.04. The molecule has 3 aromatic rings. The summed E-state index contributed by atoms with van der Waals surface area (Å²) in [7, 11) is 0. The van der Waals surface area contributed by atoms with E-state index in [1.165, 1.54) is 0 Å². The van der Waals surface area contributed by atoms with Gasteiger partial charge in [-0.15, -0.1) is 0 Å². The van der Waals surface area contributed by atoms with Crippen LogP contribution in [0, 0.1) is 0 Å². The number of nitrogens with one attached hydrogen (secondary N) is 2. The first kappa shape index (κ1) is 16.8. The van der Waals surface area contributed by atoms with Crippen molar-refractivity contribution in [3.05, 3.63) is 39.3 Å². The van der Waals surface area contributed by atoms with Gasteiger partial charge >= 0.3 is 0 Å². The Balaban J connectivity index is 1.81. The quantitative estimate of drug-likeness (QED) is 0.673. The Morgan fingerprint density at radius 3 is 1.29 bits per heavy atom. The summed E-state index contributed by atoms with van der Waals surface area (Å²) in [4.78, 5) is 27.1. The van der Waals surface area contributed by atoms with Crippen molar-refractivity contribution in [2.24, 2.45) is 0 Å². The maximum atomic E-state index is 5.72. The molecule has 0 fully saturated rings. The van der Waals surface area contributed by atoms with Crippen molar-refractivity contribution in [1.82, 2.24) is 34.9 Å². The van der Waals surface area contributed by atoms with Crippen LogP contribution in [-0.4, -0.2) is 34.9 Å². The highest BCUT2D eigenvalue weighted by atomic mass is 35.5. The molecular weight excluding hydrogens is 400 g/mol. The van der Waals surface area contributed by atoms with E-state index in [1.54, 1.807) is 18.2 Å². The van der Waals surface area contributed by atoms with Crippen molar-refractivity contribution >= 4 is 69.9 Å². The molecule has 0 radical (unpaired) electrons. The number of halogens is 4. The van der Waals surface area contributed by atoms with Gasteiger partial charge in [0.25, 0.3) is 0 Å². The van der Waals surface area contributed by atoms with Gasteiger partial charge in [0, 0.05) is 0 Å². The summed E-state index contributed by atoms with van der Waals surface area (Å²) in [5, 5.41) is 5.53. The zero-order chi connectivity index (χ0) is 17.1. The minimum atomic E-state index is -0.0405. The summed E-state index contributed by atoms with van der Waals surface area (Å²) in [6.07, 6.45) is 0. The van der Waals surface area contributed by atoms with E-state index in [0.29, 0.717) is 11.6 Å². The molecule has 0 spiro atoms. The lowest BCUT2D eigenvalue weighted by atomic mass is 10.4. The lowest BCUT2D eigenvalue weighted by molar-refractivity contribution is 1.04. The molecule has 2 N–H and O–H groups in total. The number of anilines is 4. The summed E-state index contributed by atoms with van der Waals surface area (Å²) in [6.45, 7) is 0. The molecule has 0 aliphatic rings. The fourth-order valence-corrected chi connectivity index (χ4v) is 2.29. The van der Waals surface area contributed by atoms with Crippen molar-refractivity contribution in [2.45, 2.75) is 0 Å². The zero-order valence-electron chi connectivity index (χ0n) is 11.4. The van der Waals surface area contributed by atoms with Crippen LogP contribution in [0.25, 0.3) is 0 Å². The van der Waals surface area contributed by atoms with E-state index >= 15 is 0 Å². The molecule has 0 bridgehead atoms. The van der Waals surface area contributed by atoms with Crippen molar-refractivity contribution in [2.75, 3.05) is 10.6 Å². The predicted molar refractivity (Wildman–Crippen MR) is 90.5 cm³/mol. The minimum Gasteiger partial charge on any atom is -0.309 e. The monoisotopic (exact) mass is 403 g/mol. The zero-order valence-corrected chi connectivity index (χ0v) is 14.4. The molecule has 13 heteroatoms. The molecule has 0 atom stereocenters. The molecule has 3 rings (SSSR count). The molecule has 3 aromatic heterocycles. The average Bonchev–Trinajstić information content (AvgIpc) is 2.45. The van der Waals surface area contributed by atoms with Gasteiger partial charge in [-0.3, -0.25) is 0 Å². The molecule has 0 aliphatic heterocycles. The maximum Gasteiger partial charge on any atom is 0.234 e. The second-order valence-corrected chi connectivity index (χ2v) is 5.40. The van der Waals surface area contributed by atoms with E-state index in [4.69, 9.17) is 46.4 Å². The van der Waals surface area contributed by atoms with Gasteiger partial charge < -0.3 is 10.6 Å². The van der Waals surface area contributed by atoms with E-state index in [2.05, 4.69) is 45.5 Å². The molecule has 3 heterocycles. The first-order valence-electron chi connectivity index (χ1n) is 6.13. The molecule has 9 nitrogen and oxygen atoms in total. The fraction of sp³-hybridized carbons (Fsp3) is 0. The van der Waals surface area contributed by atoms with Crippen LogP contribution in [0.1, 0.15) is 0 Å². The first-order chi connectivity index (χ1) is 11.5. The number of rotatable bonds is 4. The Hall–Kier alpha value is -2.07. The van der Waals surface area contributed by atoms with Crippen LogP contribution in [-0.2, 0) is 0 Å². The summed E-state index contributed by atoms with van der Waals surface area (Å²) in [6, 6.07) is 5.10. The SMILES string of the molecule is Clc1nc(Cl)nc(Nc2cccc(Nc3nc(Cl)nc(Cl)n3)n2)n1. The second-order valence-electron chi connectivity index (χ2n) is 4.05. The molecule has 0 saturated carbocycles. The number of pyridine rings is 1. The van der Waals surface area contributed by atoms with Gasteiger partial charge in [0.05, 0.1) is 0 Å². The van der Waals surface area contributed by atoms with Crippen LogP contribution in [0.15, 0.2) is 18.2 Å². The molecule has 0 unspecified atom stereocenters. The standard InChI is InChI=1S/C11H5Cl4N9/c12-6-19-7(13)22-10(21-6)17-4-2-1-3-5(16-4)18-11-23-8(14)20-9(15)24-11/h1-3H,(H2,16,17,18,19,20,21,22,23,24). The van der Waals surface area contributed by atoms with Gasteiger partial charge in [-0.2, -0.15) is 29.9 Å². The van der Waals surface area contributed by atoms with Gasteiger partial charge in [-0.05, 0) is 58.5 Å².